The van der Waals surface area contributed by atoms with E-state index in [1.165, 1.54) is 27.5 Å². The van der Waals surface area contributed by atoms with Gasteiger partial charge in [-0.2, -0.15) is 0 Å². The summed E-state index contributed by atoms with van der Waals surface area (Å²) >= 11 is 0. The lowest BCUT2D eigenvalue weighted by atomic mass is 10.0. The van der Waals surface area contributed by atoms with Crippen LogP contribution in [-0.2, 0) is 0 Å². The first-order chi connectivity index (χ1) is 25.2. The lowest BCUT2D eigenvalue weighted by molar-refractivity contribution is 1.28. The molecule has 51 heavy (non-hydrogen) atoms. The summed E-state index contributed by atoms with van der Waals surface area (Å²) in [6, 6.07) is 71.4. The third kappa shape index (κ3) is 7.08. The molecule has 0 atom stereocenters. The molecule has 0 heterocycles. The molecule has 0 radical (unpaired) electrons. The fraction of sp³-hybridized carbons (Fsp3) is 0.0204. The summed E-state index contributed by atoms with van der Waals surface area (Å²) in [6.45, 7) is 2.13. The van der Waals surface area contributed by atoms with Crippen LogP contribution < -0.4 is 9.80 Å². The molecule has 0 aliphatic carbocycles. The minimum atomic E-state index is 1.12. The Balaban J connectivity index is 0.995. The molecule has 0 unspecified atom stereocenters. The van der Waals surface area contributed by atoms with Gasteiger partial charge in [0.15, 0.2) is 0 Å². The zero-order valence-corrected chi connectivity index (χ0v) is 28.6. The number of rotatable bonds is 9. The summed E-state index contributed by atoms with van der Waals surface area (Å²) in [7, 11) is 0. The number of hydrogen-bond donors (Lipinski definition) is 0. The fourth-order valence-corrected chi connectivity index (χ4v) is 6.57. The van der Waals surface area contributed by atoms with Gasteiger partial charge in [0, 0.05) is 34.1 Å². The van der Waals surface area contributed by atoms with Crippen LogP contribution in [0.2, 0.25) is 0 Å². The van der Waals surface area contributed by atoms with Crippen molar-refractivity contribution in [2.45, 2.75) is 6.92 Å². The van der Waals surface area contributed by atoms with Crippen LogP contribution in [0.3, 0.4) is 0 Å². The van der Waals surface area contributed by atoms with Gasteiger partial charge >= 0.3 is 0 Å². The van der Waals surface area contributed by atoms with Crippen molar-refractivity contribution in [2.24, 2.45) is 0 Å². The van der Waals surface area contributed by atoms with Gasteiger partial charge in [-0.3, -0.25) is 0 Å². The SMILES string of the molecule is Cc1ccc(N(c2ccc(C=Cc3ccc(-c4ccc(N(c5ccccc5)c5ccccc5)cc4)cc3)cc2)c2ccc3ccccc3c2)cc1. The van der Waals surface area contributed by atoms with Crippen molar-refractivity contribution < 1.29 is 0 Å². The van der Waals surface area contributed by atoms with Crippen LogP contribution in [0.25, 0.3) is 34.1 Å². The van der Waals surface area contributed by atoms with Crippen LogP contribution in [0.4, 0.5) is 34.1 Å². The van der Waals surface area contributed by atoms with E-state index in [2.05, 4.69) is 229 Å². The van der Waals surface area contributed by atoms with Gasteiger partial charge in [0.2, 0.25) is 0 Å². The van der Waals surface area contributed by atoms with Crippen molar-refractivity contribution in [2.75, 3.05) is 9.80 Å². The standard InChI is InChI=1S/C49H38N2/c1-37-16-29-46(30-17-37)51(49-35-28-40-10-8-9-11-43(40)36-49)47-31-22-39(23-32-47)19-18-38-20-24-41(25-21-38)42-26-33-48(34-27-42)50(44-12-4-2-5-13-44)45-14-6-3-7-15-45/h2-36H,1H3. The number of aryl methyl sites for hydroxylation is 1. The molecule has 244 valence electrons. The molecule has 0 aromatic heterocycles. The van der Waals surface area contributed by atoms with E-state index < -0.39 is 0 Å². The number of fused-ring (bicyclic) bond motifs is 1. The maximum absolute atomic E-state index is 2.32. The summed E-state index contributed by atoms with van der Waals surface area (Å²) in [5, 5.41) is 2.47. The van der Waals surface area contributed by atoms with Crippen LogP contribution in [0.15, 0.2) is 200 Å². The van der Waals surface area contributed by atoms with Gasteiger partial charge < -0.3 is 9.80 Å². The molecule has 0 aliphatic rings. The van der Waals surface area contributed by atoms with E-state index in [0.29, 0.717) is 0 Å². The monoisotopic (exact) mass is 654 g/mol. The van der Waals surface area contributed by atoms with Crippen LogP contribution in [0, 0.1) is 6.92 Å². The van der Waals surface area contributed by atoms with E-state index in [-0.39, 0.29) is 0 Å². The number of para-hydroxylation sites is 2. The second-order valence-electron chi connectivity index (χ2n) is 12.8. The van der Waals surface area contributed by atoms with Crippen molar-refractivity contribution >= 4 is 57.0 Å². The molecule has 0 spiro atoms. The van der Waals surface area contributed by atoms with Crippen molar-refractivity contribution in [3.05, 3.63) is 217 Å². The molecule has 8 rings (SSSR count). The van der Waals surface area contributed by atoms with Crippen LogP contribution in [-0.4, -0.2) is 0 Å². The summed E-state index contributed by atoms with van der Waals surface area (Å²) < 4.78 is 0. The highest BCUT2D eigenvalue weighted by atomic mass is 15.1. The summed E-state index contributed by atoms with van der Waals surface area (Å²) in [5.41, 5.74) is 12.7. The molecule has 0 N–H and O–H groups in total. The van der Waals surface area contributed by atoms with E-state index >= 15 is 0 Å². The Labute approximate surface area is 300 Å². The molecule has 0 bridgehead atoms. The maximum atomic E-state index is 2.32. The van der Waals surface area contributed by atoms with Gasteiger partial charge in [-0.25, -0.2) is 0 Å². The normalized spacial score (nSPS) is 11.2. The van der Waals surface area contributed by atoms with Crippen molar-refractivity contribution in [3.63, 3.8) is 0 Å². The highest BCUT2D eigenvalue weighted by Gasteiger charge is 2.14. The van der Waals surface area contributed by atoms with Crippen molar-refractivity contribution in [3.8, 4) is 11.1 Å². The van der Waals surface area contributed by atoms with Gasteiger partial charge in [-0.15, -0.1) is 0 Å². The van der Waals surface area contributed by atoms with E-state index in [1.54, 1.807) is 0 Å². The minimum Gasteiger partial charge on any atom is -0.311 e. The van der Waals surface area contributed by atoms with Gasteiger partial charge in [-0.1, -0.05) is 145 Å². The van der Waals surface area contributed by atoms with Gasteiger partial charge in [0.05, 0.1) is 0 Å². The third-order valence-corrected chi connectivity index (χ3v) is 9.30. The van der Waals surface area contributed by atoms with Crippen LogP contribution >= 0.6 is 0 Å². The molecule has 2 nitrogen and oxygen atoms in total. The molecule has 0 saturated heterocycles. The number of hydrogen-bond acceptors (Lipinski definition) is 2. The van der Waals surface area contributed by atoms with Crippen molar-refractivity contribution in [1.82, 2.24) is 0 Å². The summed E-state index contributed by atoms with van der Waals surface area (Å²) in [4.78, 5) is 4.61. The van der Waals surface area contributed by atoms with Gasteiger partial charge in [0.1, 0.15) is 0 Å². The number of anilines is 6. The van der Waals surface area contributed by atoms with E-state index in [0.717, 1.165) is 45.3 Å². The van der Waals surface area contributed by atoms with Crippen LogP contribution in [0.1, 0.15) is 16.7 Å². The lowest BCUT2D eigenvalue weighted by Crippen LogP contribution is -2.09. The molecular formula is C49H38N2. The van der Waals surface area contributed by atoms with Crippen LogP contribution in [0.5, 0.6) is 0 Å². The molecule has 8 aromatic carbocycles. The molecule has 0 amide bonds. The van der Waals surface area contributed by atoms with E-state index in [1.807, 2.05) is 0 Å². The highest BCUT2D eigenvalue weighted by molar-refractivity contribution is 5.89. The molecule has 0 fully saturated rings. The maximum Gasteiger partial charge on any atom is 0.0468 e. The average molecular weight is 655 g/mol. The Morgan fingerprint density at radius 2 is 0.686 bits per heavy atom. The molecular weight excluding hydrogens is 617 g/mol. The first kappa shape index (κ1) is 31.6. The predicted octanol–water partition coefficient (Wildman–Crippen LogP) is 13.9. The van der Waals surface area contributed by atoms with Crippen molar-refractivity contribution in [1.29, 1.82) is 0 Å². The van der Waals surface area contributed by atoms with E-state index in [4.69, 9.17) is 0 Å². The quantitative estimate of drug-likeness (QED) is 0.143. The minimum absolute atomic E-state index is 1.12. The topological polar surface area (TPSA) is 6.48 Å². The number of benzene rings is 8. The Morgan fingerprint density at radius 1 is 0.314 bits per heavy atom. The van der Waals surface area contributed by atoms with Gasteiger partial charge in [-0.05, 0) is 113 Å². The molecule has 8 aromatic rings. The summed E-state index contributed by atoms with van der Waals surface area (Å²) in [6.07, 6.45) is 4.36. The second-order valence-corrected chi connectivity index (χ2v) is 12.8. The Hall–Kier alpha value is -6.64. The van der Waals surface area contributed by atoms with E-state index in [9.17, 15) is 0 Å². The molecule has 2 heteroatoms. The average Bonchev–Trinajstić information content (AvgIpc) is 3.20. The largest absolute Gasteiger partial charge is 0.311 e. The third-order valence-electron chi connectivity index (χ3n) is 9.30. The first-order valence-corrected chi connectivity index (χ1v) is 17.4. The molecule has 0 aliphatic heterocycles. The Bertz CT molecular complexity index is 2340. The zero-order valence-electron chi connectivity index (χ0n) is 28.6. The lowest BCUT2D eigenvalue weighted by Gasteiger charge is -2.26. The Morgan fingerprint density at radius 3 is 1.24 bits per heavy atom. The second kappa shape index (κ2) is 14.5. The highest BCUT2D eigenvalue weighted by Crippen LogP contribution is 2.37. The Kier molecular flexibility index (Phi) is 8.96. The number of nitrogens with zero attached hydrogens (tertiary/aromatic N) is 2. The summed E-state index contributed by atoms with van der Waals surface area (Å²) in [5.74, 6) is 0. The molecule has 0 saturated carbocycles. The predicted molar refractivity (Wildman–Crippen MR) is 219 cm³/mol. The first-order valence-electron chi connectivity index (χ1n) is 17.4. The zero-order chi connectivity index (χ0) is 34.4. The smallest absolute Gasteiger partial charge is 0.0468 e. The fourth-order valence-electron chi connectivity index (χ4n) is 6.57. The van der Waals surface area contributed by atoms with Gasteiger partial charge in [0.25, 0.3) is 0 Å².